The van der Waals surface area contributed by atoms with Gasteiger partial charge in [-0.2, -0.15) is 0 Å². The fourth-order valence-electron chi connectivity index (χ4n) is 4.07. The number of hydrogen-bond acceptors (Lipinski definition) is 8. The number of aliphatic hydroxyl groups excluding tert-OH is 3. The molecule has 0 aromatic heterocycles. The molecule has 2 saturated heterocycles. The minimum absolute atomic E-state index is 0.0211. The van der Waals surface area contributed by atoms with Gasteiger partial charge in [-0.05, 0) is 20.8 Å². The number of carbonyl (C=O) groups is 1. The number of fused-ring (bicyclic) bond motifs is 1. The van der Waals surface area contributed by atoms with E-state index in [1.165, 1.54) is 0 Å². The molecule has 2 heterocycles. The van der Waals surface area contributed by atoms with E-state index in [-0.39, 0.29) is 25.8 Å². The molecule has 9 heteroatoms. The zero-order valence-corrected chi connectivity index (χ0v) is 15.3. The molecular weight excluding hydrogens is 346 g/mol. The van der Waals surface area contributed by atoms with E-state index in [1.54, 1.807) is 20.8 Å². The zero-order valence-electron chi connectivity index (χ0n) is 15.3. The average molecular weight is 375 g/mol. The molecule has 0 spiro atoms. The van der Waals surface area contributed by atoms with Crippen molar-refractivity contribution in [2.45, 2.75) is 94.1 Å². The molecule has 3 fully saturated rings. The first-order chi connectivity index (χ1) is 12.0. The van der Waals surface area contributed by atoms with Crippen LogP contribution in [0.5, 0.6) is 0 Å². The lowest BCUT2D eigenvalue weighted by Gasteiger charge is -2.39. The summed E-state index contributed by atoms with van der Waals surface area (Å²) >= 11 is 0. The summed E-state index contributed by atoms with van der Waals surface area (Å²) < 4.78 is 16.9. The summed E-state index contributed by atoms with van der Waals surface area (Å²) in [4.78, 5) is 12.5. The average Bonchev–Trinajstić information content (AvgIpc) is 2.84. The lowest BCUT2D eigenvalue weighted by Crippen LogP contribution is -2.59. The van der Waals surface area contributed by atoms with E-state index in [0.29, 0.717) is 0 Å². The molecule has 3 rings (SSSR count). The van der Waals surface area contributed by atoms with Crippen molar-refractivity contribution in [3.05, 3.63) is 0 Å². The Hall–Kier alpha value is -0.810. The van der Waals surface area contributed by atoms with Gasteiger partial charge in [-0.25, -0.2) is 0 Å². The second-order valence-corrected chi connectivity index (χ2v) is 8.11. The molecule has 2 aliphatic heterocycles. The van der Waals surface area contributed by atoms with Crippen molar-refractivity contribution in [2.75, 3.05) is 6.54 Å². The molecule has 1 amide bonds. The van der Waals surface area contributed by atoms with Gasteiger partial charge in [0.25, 0.3) is 5.91 Å². The highest BCUT2D eigenvalue weighted by molar-refractivity contribution is 5.85. The fourth-order valence-corrected chi connectivity index (χ4v) is 4.07. The lowest BCUT2D eigenvalue weighted by atomic mass is 9.79. The van der Waals surface area contributed by atoms with Crippen molar-refractivity contribution in [3.8, 4) is 0 Å². The molecule has 26 heavy (non-hydrogen) atoms. The predicted molar refractivity (Wildman–Crippen MR) is 88.0 cm³/mol. The summed E-state index contributed by atoms with van der Waals surface area (Å²) in [6, 6.07) is 0. The molecule has 9 nitrogen and oxygen atoms in total. The number of rotatable bonds is 3. The Kier molecular flexibility index (Phi) is 5.35. The fraction of sp³-hybridized carbons (Fsp3) is 0.941. The molecule has 0 radical (unpaired) electrons. The highest BCUT2D eigenvalue weighted by Gasteiger charge is 2.55. The Morgan fingerprint density at radius 3 is 2.50 bits per heavy atom. The Balaban J connectivity index is 1.58. The van der Waals surface area contributed by atoms with E-state index in [1.807, 2.05) is 0 Å². The first-order valence-corrected chi connectivity index (χ1v) is 9.07. The number of amides is 1. The Morgan fingerprint density at radius 2 is 1.85 bits per heavy atom. The van der Waals surface area contributed by atoms with Crippen molar-refractivity contribution < 1.29 is 39.4 Å². The van der Waals surface area contributed by atoms with E-state index in [4.69, 9.17) is 14.2 Å². The number of ether oxygens (including phenoxy) is 3. The smallest absolute Gasteiger partial charge is 0.252 e. The van der Waals surface area contributed by atoms with Crippen LogP contribution in [0, 0.1) is 0 Å². The monoisotopic (exact) mass is 375 g/mol. The second-order valence-electron chi connectivity index (χ2n) is 8.11. The topological polar surface area (TPSA) is 138 Å². The molecule has 3 aliphatic rings. The van der Waals surface area contributed by atoms with Gasteiger partial charge in [0, 0.05) is 25.8 Å². The molecule has 5 N–H and O–H groups in total. The van der Waals surface area contributed by atoms with Crippen molar-refractivity contribution in [2.24, 2.45) is 0 Å². The van der Waals surface area contributed by atoms with E-state index >= 15 is 0 Å². The normalized spacial score (nSPS) is 48.0. The van der Waals surface area contributed by atoms with E-state index in [2.05, 4.69) is 5.32 Å². The van der Waals surface area contributed by atoms with Crippen molar-refractivity contribution in [3.63, 3.8) is 0 Å². The molecule has 150 valence electrons. The summed E-state index contributed by atoms with van der Waals surface area (Å²) in [5, 5.41) is 43.2. The van der Waals surface area contributed by atoms with Gasteiger partial charge in [0.15, 0.2) is 5.79 Å². The van der Waals surface area contributed by atoms with Crippen LogP contribution in [0.1, 0.15) is 40.0 Å². The second kappa shape index (κ2) is 6.97. The lowest BCUT2D eigenvalue weighted by molar-refractivity contribution is -0.168. The molecule has 0 aromatic carbocycles. The third-order valence-electron chi connectivity index (χ3n) is 5.39. The minimum Gasteiger partial charge on any atom is -0.390 e. The van der Waals surface area contributed by atoms with Crippen LogP contribution in [-0.2, 0) is 19.0 Å². The largest absolute Gasteiger partial charge is 0.390 e. The number of nitrogens with one attached hydrogen (secondary N) is 1. The van der Waals surface area contributed by atoms with Crippen LogP contribution in [0.15, 0.2) is 0 Å². The predicted octanol–water partition coefficient (Wildman–Crippen LogP) is -1.59. The molecule has 8 atom stereocenters. The van der Waals surface area contributed by atoms with Crippen LogP contribution in [0.4, 0.5) is 0 Å². The Labute approximate surface area is 152 Å². The van der Waals surface area contributed by atoms with Crippen molar-refractivity contribution >= 4 is 5.91 Å². The minimum atomic E-state index is -1.78. The summed E-state index contributed by atoms with van der Waals surface area (Å²) in [7, 11) is 0. The zero-order chi connectivity index (χ0) is 19.3. The molecular formula is C17H29NO8. The number of hydrogen-bond donors (Lipinski definition) is 5. The standard InChI is InChI=1S/C17H29NO8/c1-8-13(21)10(19)4-9(24-8)7-18-15(22)17(23)5-11(20)14-12(6-17)25-16(2,3)26-14/h8-14,19-21,23H,4-7H2,1-3H3,(H,18,22)/t8-,9-,10+,11-,12-,13+,14+,17-/m1/s1. The van der Waals surface area contributed by atoms with E-state index in [9.17, 15) is 25.2 Å². The van der Waals surface area contributed by atoms with Crippen LogP contribution < -0.4 is 5.32 Å². The summed E-state index contributed by atoms with van der Waals surface area (Å²) in [6.07, 6.45) is -5.02. The maximum atomic E-state index is 12.5. The molecule has 1 saturated carbocycles. The van der Waals surface area contributed by atoms with Crippen molar-refractivity contribution in [1.82, 2.24) is 5.32 Å². The van der Waals surface area contributed by atoms with Gasteiger partial charge in [-0.3, -0.25) is 4.79 Å². The summed E-state index contributed by atoms with van der Waals surface area (Å²) in [5.74, 6) is -1.50. The third kappa shape index (κ3) is 3.89. The van der Waals surface area contributed by atoms with E-state index < -0.39 is 60.0 Å². The maximum absolute atomic E-state index is 12.5. The van der Waals surface area contributed by atoms with Crippen LogP contribution >= 0.6 is 0 Å². The Morgan fingerprint density at radius 1 is 1.15 bits per heavy atom. The van der Waals surface area contributed by atoms with Gasteiger partial charge in [-0.15, -0.1) is 0 Å². The van der Waals surface area contributed by atoms with Crippen LogP contribution in [0.3, 0.4) is 0 Å². The Bertz CT molecular complexity index is 531. The van der Waals surface area contributed by atoms with Gasteiger partial charge in [-0.1, -0.05) is 0 Å². The summed E-state index contributed by atoms with van der Waals surface area (Å²) in [6.45, 7) is 5.17. The van der Waals surface area contributed by atoms with Gasteiger partial charge < -0.3 is 40.0 Å². The van der Waals surface area contributed by atoms with E-state index in [0.717, 1.165) is 0 Å². The maximum Gasteiger partial charge on any atom is 0.252 e. The SMILES string of the molecule is C[C@H]1O[C@@H](CNC(=O)[C@@]2(O)C[C@@H](O)[C@@H]3OC(C)(C)O[C@@H]3C2)C[C@H](O)[C@H]1O. The van der Waals surface area contributed by atoms with Crippen molar-refractivity contribution in [1.29, 1.82) is 0 Å². The summed E-state index contributed by atoms with van der Waals surface area (Å²) in [5.41, 5.74) is -1.78. The van der Waals surface area contributed by atoms with Gasteiger partial charge in [0.1, 0.15) is 17.8 Å². The molecule has 0 aromatic rings. The van der Waals surface area contributed by atoms with Gasteiger partial charge in [0.2, 0.25) is 0 Å². The van der Waals surface area contributed by atoms with Gasteiger partial charge in [0.05, 0.1) is 30.5 Å². The molecule has 1 aliphatic carbocycles. The number of aliphatic hydroxyl groups is 4. The van der Waals surface area contributed by atoms with Gasteiger partial charge >= 0.3 is 0 Å². The number of carbonyl (C=O) groups excluding carboxylic acids is 1. The van der Waals surface area contributed by atoms with Crippen LogP contribution in [0.2, 0.25) is 0 Å². The highest BCUT2D eigenvalue weighted by Crippen LogP contribution is 2.41. The quantitative estimate of drug-likeness (QED) is 0.398. The van der Waals surface area contributed by atoms with Crippen LogP contribution in [-0.4, -0.2) is 87.0 Å². The molecule has 0 unspecified atom stereocenters. The first kappa shape index (κ1) is 19.9. The van der Waals surface area contributed by atoms with Crippen LogP contribution in [0.25, 0.3) is 0 Å². The molecule has 0 bridgehead atoms. The highest BCUT2D eigenvalue weighted by atomic mass is 16.8. The third-order valence-corrected chi connectivity index (χ3v) is 5.39. The first-order valence-electron chi connectivity index (χ1n) is 9.07.